The van der Waals surface area contributed by atoms with Crippen molar-refractivity contribution in [1.82, 2.24) is 9.88 Å². The number of nitrogens with zero attached hydrogens (tertiary/aromatic N) is 1. The van der Waals surface area contributed by atoms with Crippen LogP contribution in [-0.4, -0.2) is 22.5 Å². The zero-order valence-electron chi connectivity index (χ0n) is 12.6. The molecule has 0 aliphatic carbocycles. The molecule has 0 unspecified atom stereocenters. The number of amides is 1. The molecule has 0 radical (unpaired) electrons. The molecule has 1 aromatic carbocycles. The number of carbonyl (C=O) groups is 1. The molecule has 0 aliphatic heterocycles. The minimum atomic E-state index is -0.0842. The Morgan fingerprint density at radius 1 is 1.18 bits per heavy atom. The first-order chi connectivity index (χ1) is 10.7. The van der Waals surface area contributed by atoms with Crippen molar-refractivity contribution in [2.75, 3.05) is 12.0 Å². The molecular formula is C17H20N2O2S. The number of nitrogens with one attached hydrogen (secondary N) is 1. The first kappa shape index (κ1) is 16.4. The highest BCUT2D eigenvalue weighted by atomic mass is 32.2. The smallest absolute Gasteiger partial charge is 0.250 e. The van der Waals surface area contributed by atoms with Gasteiger partial charge in [0.25, 0.3) is 5.56 Å². The molecule has 0 aliphatic rings. The van der Waals surface area contributed by atoms with E-state index < -0.39 is 0 Å². The Balaban J connectivity index is 1.94. The first-order valence-corrected chi connectivity index (χ1v) is 8.59. The predicted octanol–water partition coefficient (Wildman–Crippen LogP) is 2.46. The van der Waals surface area contributed by atoms with Crippen LogP contribution in [0.5, 0.6) is 0 Å². The molecule has 0 spiro atoms. The number of hydrogen-bond acceptors (Lipinski definition) is 3. The van der Waals surface area contributed by atoms with Gasteiger partial charge in [-0.15, -0.1) is 0 Å². The van der Waals surface area contributed by atoms with Crippen molar-refractivity contribution in [3.63, 3.8) is 0 Å². The Kier molecular flexibility index (Phi) is 6.27. The molecule has 2 rings (SSSR count). The highest BCUT2D eigenvalue weighted by Crippen LogP contribution is 2.16. The molecular weight excluding hydrogens is 296 g/mol. The van der Waals surface area contributed by atoms with Crippen molar-refractivity contribution in [2.24, 2.45) is 0 Å². The van der Waals surface area contributed by atoms with E-state index >= 15 is 0 Å². The van der Waals surface area contributed by atoms with Gasteiger partial charge in [-0.1, -0.05) is 36.4 Å². The van der Waals surface area contributed by atoms with E-state index in [1.807, 2.05) is 36.6 Å². The fourth-order valence-electron chi connectivity index (χ4n) is 2.21. The highest BCUT2D eigenvalue weighted by molar-refractivity contribution is 7.98. The maximum absolute atomic E-state index is 12.2. The molecule has 0 fully saturated rings. The second kappa shape index (κ2) is 8.44. The van der Waals surface area contributed by atoms with Crippen LogP contribution < -0.4 is 10.9 Å². The van der Waals surface area contributed by atoms with Gasteiger partial charge in [0.15, 0.2) is 0 Å². The van der Waals surface area contributed by atoms with Gasteiger partial charge in [0.2, 0.25) is 5.91 Å². The molecule has 1 atom stereocenters. The van der Waals surface area contributed by atoms with Crippen LogP contribution in [-0.2, 0) is 11.3 Å². The Hall–Kier alpha value is -2.01. The molecule has 4 nitrogen and oxygen atoms in total. The maximum atomic E-state index is 12.2. The Bertz CT molecular complexity index is 655. The quantitative estimate of drug-likeness (QED) is 0.854. The van der Waals surface area contributed by atoms with Crippen molar-refractivity contribution in [3.05, 3.63) is 70.6 Å². The Labute approximate surface area is 134 Å². The third-order valence-electron chi connectivity index (χ3n) is 3.35. The molecule has 116 valence electrons. The minimum absolute atomic E-state index is 0.00352. The third kappa shape index (κ3) is 4.77. The van der Waals surface area contributed by atoms with Crippen LogP contribution in [0, 0.1) is 0 Å². The molecule has 1 aromatic heterocycles. The number of benzene rings is 1. The number of rotatable bonds is 7. The fourth-order valence-corrected chi connectivity index (χ4v) is 2.82. The summed E-state index contributed by atoms with van der Waals surface area (Å²) in [6, 6.07) is 14.9. The van der Waals surface area contributed by atoms with Gasteiger partial charge in [0.05, 0.1) is 6.04 Å². The minimum Gasteiger partial charge on any atom is -0.348 e. The zero-order valence-corrected chi connectivity index (χ0v) is 13.4. The average Bonchev–Trinajstić information content (AvgIpc) is 2.54. The molecule has 22 heavy (non-hydrogen) atoms. The summed E-state index contributed by atoms with van der Waals surface area (Å²) in [5.74, 6) is 0.778. The summed E-state index contributed by atoms with van der Waals surface area (Å²) in [7, 11) is 0. The van der Waals surface area contributed by atoms with Crippen molar-refractivity contribution in [2.45, 2.75) is 19.0 Å². The summed E-state index contributed by atoms with van der Waals surface area (Å²) in [6.07, 6.45) is 4.01. The van der Waals surface area contributed by atoms with Gasteiger partial charge in [-0.05, 0) is 17.9 Å². The van der Waals surface area contributed by atoms with E-state index in [9.17, 15) is 9.59 Å². The van der Waals surface area contributed by atoms with E-state index in [2.05, 4.69) is 5.32 Å². The van der Waals surface area contributed by atoms with Crippen molar-refractivity contribution >= 4 is 17.7 Å². The number of thioether (sulfide) groups is 1. The van der Waals surface area contributed by atoms with Crippen LogP contribution in [0.1, 0.15) is 18.0 Å². The van der Waals surface area contributed by atoms with Crippen molar-refractivity contribution < 1.29 is 4.79 Å². The van der Waals surface area contributed by atoms with Crippen LogP contribution >= 0.6 is 11.8 Å². The number of hydrogen-bond donors (Lipinski definition) is 1. The lowest BCUT2D eigenvalue weighted by Crippen LogP contribution is -2.31. The number of aryl methyl sites for hydroxylation is 1. The zero-order chi connectivity index (χ0) is 15.8. The summed E-state index contributed by atoms with van der Waals surface area (Å²) in [4.78, 5) is 23.8. The highest BCUT2D eigenvalue weighted by Gasteiger charge is 2.13. The lowest BCUT2D eigenvalue weighted by molar-refractivity contribution is -0.121. The standard InChI is InChI=1S/C17H20N2O2S/c1-22-13-15(14-7-3-2-4-8-14)18-16(20)10-12-19-11-6-5-9-17(19)21/h2-9,11,15H,10,12-13H2,1H3,(H,18,20)/t15-/m1/s1. The Morgan fingerprint density at radius 2 is 1.91 bits per heavy atom. The molecule has 0 saturated heterocycles. The topological polar surface area (TPSA) is 51.1 Å². The van der Waals surface area contributed by atoms with E-state index in [1.54, 1.807) is 34.7 Å². The largest absolute Gasteiger partial charge is 0.348 e. The predicted molar refractivity (Wildman–Crippen MR) is 91.0 cm³/mol. The monoisotopic (exact) mass is 316 g/mol. The molecule has 2 aromatic rings. The van der Waals surface area contributed by atoms with Gasteiger partial charge < -0.3 is 9.88 Å². The second-order valence-corrected chi connectivity index (χ2v) is 5.88. The third-order valence-corrected chi connectivity index (χ3v) is 4.02. The second-order valence-electron chi connectivity index (χ2n) is 4.97. The average molecular weight is 316 g/mol. The van der Waals surface area contributed by atoms with Crippen LogP contribution in [0.2, 0.25) is 0 Å². The van der Waals surface area contributed by atoms with Gasteiger partial charge in [-0.3, -0.25) is 9.59 Å². The van der Waals surface area contributed by atoms with E-state index in [1.165, 1.54) is 6.07 Å². The van der Waals surface area contributed by atoms with E-state index in [-0.39, 0.29) is 17.5 Å². The summed E-state index contributed by atoms with van der Waals surface area (Å²) in [5, 5.41) is 3.05. The molecule has 5 heteroatoms. The van der Waals surface area contributed by atoms with Gasteiger partial charge >= 0.3 is 0 Å². The SMILES string of the molecule is CSC[C@@H](NC(=O)CCn1ccccc1=O)c1ccccc1. The van der Waals surface area contributed by atoms with Gasteiger partial charge in [-0.25, -0.2) is 0 Å². The number of aromatic nitrogens is 1. The normalized spacial score (nSPS) is 11.9. The molecule has 1 N–H and O–H groups in total. The fraction of sp³-hybridized carbons (Fsp3) is 0.294. The number of pyridine rings is 1. The van der Waals surface area contributed by atoms with Crippen LogP contribution in [0.15, 0.2) is 59.5 Å². The van der Waals surface area contributed by atoms with Crippen LogP contribution in [0.4, 0.5) is 0 Å². The van der Waals surface area contributed by atoms with E-state index in [4.69, 9.17) is 0 Å². The van der Waals surface area contributed by atoms with E-state index in [0.29, 0.717) is 13.0 Å². The summed E-state index contributed by atoms with van der Waals surface area (Å²) in [5.41, 5.74) is 1.01. The first-order valence-electron chi connectivity index (χ1n) is 7.19. The van der Waals surface area contributed by atoms with Crippen LogP contribution in [0.3, 0.4) is 0 Å². The summed E-state index contributed by atoms with van der Waals surface area (Å²) in [6.45, 7) is 0.395. The van der Waals surface area contributed by atoms with Gasteiger partial charge in [0.1, 0.15) is 0 Å². The van der Waals surface area contributed by atoms with Gasteiger partial charge in [-0.2, -0.15) is 11.8 Å². The molecule has 1 amide bonds. The summed E-state index contributed by atoms with van der Waals surface area (Å²) >= 11 is 1.69. The summed E-state index contributed by atoms with van der Waals surface area (Å²) < 4.78 is 1.55. The lowest BCUT2D eigenvalue weighted by atomic mass is 10.1. The molecule has 0 saturated carbocycles. The van der Waals surface area contributed by atoms with Crippen LogP contribution in [0.25, 0.3) is 0 Å². The van der Waals surface area contributed by atoms with Crippen molar-refractivity contribution in [1.29, 1.82) is 0 Å². The lowest BCUT2D eigenvalue weighted by Gasteiger charge is -2.18. The van der Waals surface area contributed by atoms with Gasteiger partial charge in [0, 0.05) is 31.0 Å². The maximum Gasteiger partial charge on any atom is 0.250 e. The molecule has 1 heterocycles. The Morgan fingerprint density at radius 3 is 2.59 bits per heavy atom. The van der Waals surface area contributed by atoms with E-state index in [0.717, 1.165) is 11.3 Å². The van der Waals surface area contributed by atoms with Crippen molar-refractivity contribution in [3.8, 4) is 0 Å². The molecule has 0 bridgehead atoms. The number of carbonyl (C=O) groups excluding carboxylic acids is 1.